The summed E-state index contributed by atoms with van der Waals surface area (Å²) >= 11 is 1.71. The first kappa shape index (κ1) is 21.4. The minimum Gasteiger partial charge on any atom is -0.356 e. The van der Waals surface area contributed by atoms with Gasteiger partial charge in [-0.25, -0.2) is 4.39 Å². The van der Waals surface area contributed by atoms with Crippen molar-refractivity contribution in [1.29, 1.82) is 0 Å². The van der Waals surface area contributed by atoms with Gasteiger partial charge in [-0.1, -0.05) is 6.07 Å². The van der Waals surface area contributed by atoms with E-state index in [4.69, 9.17) is 0 Å². The molecule has 0 amide bonds. The van der Waals surface area contributed by atoms with E-state index in [0.29, 0.717) is 6.54 Å². The molecule has 0 spiro atoms. The Balaban J connectivity index is 0.00000261. The van der Waals surface area contributed by atoms with Crippen LogP contribution in [0, 0.1) is 5.82 Å². The number of nitrogens with zero attached hydrogens (tertiary/aromatic N) is 4. The van der Waals surface area contributed by atoms with E-state index >= 15 is 0 Å². The summed E-state index contributed by atoms with van der Waals surface area (Å²) in [6, 6.07) is 12.4. The Hall–Kier alpha value is -1.88. The minimum atomic E-state index is -0.202. The van der Waals surface area contributed by atoms with E-state index in [1.165, 1.54) is 12.1 Å². The number of benzene rings is 1. The summed E-state index contributed by atoms with van der Waals surface area (Å²) in [5, 5.41) is 14.8. The molecule has 144 valence electrons. The fourth-order valence-corrected chi connectivity index (χ4v) is 3.25. The number of hydrogen-bond acceptors (Lipinski definition) is 4. The molecule has 6 nitrogen and oxygen atoms in total. The van der Waals surface area contributed by atoms with Crippen molar-refractivity contribution in [3.63, 3.8) is 0 Å². The standard InChI is InChI=1S/C18H21FN6S.HI/c1-20-18(21-10-4-12-26-15-8-6-14(19)7-9-15)22-13-17-24-23-16-5-2-3-11-25(16)17;/h2-3,5-9,11H,4,10,12-13H2,1H3,(H2,20,21,22);1H. The SMILES string of the molecule is CN=C(NCCCSc1ccc(F)cc1)NCc1nnc2ccccn12.I. The monoisotopic (exact) mass is 500 g/mol. The summed E-state index contributed by atoms with van der Waals surface area (Å²) in [5.41, 5.74) is 0.824. The maximum Gasteiger partial charge on any atom is 0.191 e. The van der Waals surface area contributed by atoms with E-state index in [9.17, 15) is 4.39 Å². The van der Waals surface area contributed by atoms with E-state index in [1.54, 1.807) is 30.9 Å². The van der Waals surface area contributed by atoms with E-state index in [1.807, 2.05) is 28.8 Å². The number of rotatable bonds is 7. The lowest BCUT2D eigenvalue weighted by Crippen LogP contribution is -2.37. The fourth-order valence-electron chi connectivity index (χ4n) is 2.39. The average Bonchev–Trinajstić information content (AvgIpc) is 3.08. The minimum absolute atomic E-state index is 0. The molecule has 3 aromatic rings. The summed E-state index contributed by atoms with van der Waals surface area (Å²) in [5.74, 6) is 2.30. The van der Waals surface area contributed by atoms with Gasteiger partial charge in [0.25, 0.3) is 0 Å². The van der Waals surface area contributed by atoms with Crippen molar-refractivity contribution in [2.45, 2.75) is 17.9 Å². The second kappa shape index (κ2) is 11.1. The van der Waals surface area contributed by atoms with Crippen LogP contribution in [0.2, 0.25) is 0 Å². The number of hydrogen-bond donors (Lipinski definition) is 2. The van der Waals surface area contributed by atoms with Gasteiger partial charge >= 0.3 is 0 Å². The first-order valence-corrected chi connectivity index (χ1v) is 9.36. The van der Waals surface area contributed by atoms with Crippen LogP contribution < -0.4 is 10.6 Å². The van der Waals surface area contributed by atoms with Gasteiger partial charge in [-0.15, -0.1) is 45.9 Å². The zero-order chi connectivity index (χ0) is 18.2. The van der Waals surface area contributed by atoms with Gasteiger partial charge in [0.15, 0.2) is 17.4 Å². The molecular formula is C18H22FIN6S. The Kier molecular flexibility index (Phi) is 8.79. The second-order valence-corrected chi connectivity index (χ2v) is 6.72. The summed E-state index contributed by atoms with van der Waals surface area (Å²) < 4.78 is 14.8. The van der Waals surface area contributed by atoms with Crippen LogP contribution in [0.25, 0.3) is 5.65 Å². The molecule has 0 aliphatic carbocycles. The van der Waals surface area contributed by atoms with Crippen molar-refractivity contribution >= 4 is 47.3 Å². The molecule has 0 bridgehead atoms. The highest BCUT2D eigenvalue weighted by Crippen LogP contribution is 2.18. The van der Waals surface area contributed by atoms with Crippen LogP contribution in [0.5, 0.6) is 0 Å². The second-order valence-electron chi connectivity index (χ2n) is 5.55. The maximum absolute atomic E-state index is 12.9. The molecule has 3 rings (SSSR count). The highest BCUT2D eigenvalue weighted by Gasteiger charge is 2.05. The lowest BCUT2D eigenvalue weighted by Gasteiger charge is -2.11. The van der Waals surface area contributed by atoms with E-state index in [2.05, 4.69) is 25.8 Å². The van der Waals surface area contributed by atoms with Gasteiger partial charge < -0.3 is 10.6 Å². The zero-order valence-corrected chi connectivity index (χ0v) is 18.1. The van der Waals surface area contributed by atoms with Crippen molar-refractivity contribution in [2.75, 3.05) is 19.3 Å². The Morgan fingerprint density at radius 2 is 1.96 bits per heavy atom. The van der Waals surface area contributed by atoms with E-state index in [0.717, 1.165) is 41.0 Å². The van der Waals surface area contributed by atoms with E-state index < -0.39 is 0 Å². The third-order valence-corrected chi connectivity index (χ3v) is 4.82. The molecule has 2 aromatic heterocycles. The molecule has 0 saturated heterocycles. The zero-order valence-electron chi connectivity index (χ0n) is 14.9. The normalized spacial score (nSPS) is 11.3. The molecule has 0 fully saturated rings. The van der Waals surface area contributed by atoms with Gasteiger partial charge in [0, 0.05) is 24.7 Å². The predicted molar refractivity (Wildman–Crippen MR) is 118 cm³/mol. The highest BCUT2D eigenvalue weighted by molar-refractivity contribution is 14.0. The van der Waals surface area contributed by atoms with E-state index in [-0.39, 0.29) is 29.8 Å². The van der Waals surface area contributed by atoms with Gasteiger partial charge in [0.1, 0.15) is 5.82 Å². The van der Waals surface area contributed by atoms with Crippen molar-refractivity contribution < 1.29 is 4.39 Å². The van der Waals surface area contributed by atoms with Crippen molar-refractivity contribution in [3.8, 4) is 0 Å². The summed E-state index contributed by atoms with van der Waals surface area (Å²) in [6.07, 6.45) is 2.91. The van der Waals surface area contributed by atoms with Crippen LogP contribution >= 0.6 is 35.7 Å². The molecular weight excluding hydrogens is 478 g/mol. The van der Waals surface area contributed by atoms with Crippen molar-refractivity contribution in [2.24, 2.45) is 4.99 Å². The molecule has 0 unspecified atom stereocenters. The molecule has 2 N–H and O–H groups in total. The maximum atomic E-state index is 12.9. The van der Waals surface area contributed by atoms with Gasteiger partial charge in [0.05, 0.1) is 6.54 Å². The summed E-state index contributed by atoms with van der Waals surface area (Å²) in [7, 11) is 1.74. The number of guanidine groups is 1. The highest BCUT2D eigenvalue weighted by atomic mass is 127. The lowest BCUT2D eigenvalue weighted by atomic mass is 10.4. The van der Waals surface area contributed by atoms with Crippen molar-refractivity contribution in [3.05, 3.63) is 60.3 Å². The summed E-state index contributed by atoms with van der Waals surface area (Å²) in [4.78, 5) is 5.30. The quantitative estimate of drug-likeness (QED) is 0.171. The first-order chi connectivity index (χ1) is 12.8. The molecule has 0 aliphatic heterocycles. The lowest BCUT2D eigenvalue weighted by molar-refractivity contribution is 0.626. The van der Waals surface area contributed by atoms with Crippen LogP contribution in [0.1, 0.15) is 12.2 Å². The van der Waals surface area contributed by atoms with Gasteiger partial charge in [-0.05, 0) is 48.6 Å². The number of pyridine rings is 1. The molecule has 0 aliphatic rings. The fraction of sp³-hybridized carbons (Fsp3) is 0.278. The smallest absolute Gasteiger partial charge is 0.191 e. The topological polar surface area (TPSA) is 66.6 Å². The van der Waals surface area contributed by atoms with Crippen LogP contribution in [0.15, 0.2) is 58.5 Å². The number of aromatic nitrogens is 3. The van der Waals surface area contributed by atoms with Crippen LogP contribution in [-0.2, 0) is 6.54 Å². The molecule has 0 atom stereocenters. The Morgan fingerprint density at radius 3 is 2.74 bits per heavy atom. The number of nitrogens with one attached hydrogen (secondary N) is 2. The summed E-state index contributed by atoms with van der Waals surface area (Å²) in [6.45, 7) is 1.34. The predicted octanol–water partition coefficient (Wildman–Crippen LogP) is 3.33. The molecule has 9 heteroatoms. The number of thioether (sulfide) groups is 1. The van der Waals surface area contributed by atoms with Crippen LogP contribution in [0.3, 0.4) is 0 Å². The number of aliphatic imine (C=N–C) groups is 1. The molecule has 1 aromatic carbocycles. The molecule has 0 saturated carbocycles. The largest absolute Gasteiger partial charge is 0.356 e. The molecule has 27 heavy (non-hydrogen) atoms. The number of fused-ring (bicyclic) bond motifs is 1. The molecule has 2 heterocycles. The van der Waals surface area contributed by atoms with Gasteiger partial charge in [-0.2, -0.15) is 0 Å². The van der Waals surface area contributed by atoms with Gasteiger partial charge in [0.2, 0.25) is 0 Å². The average molecular weight is 500 g/mol. The molecule has 0 radical (unpaired) electrons. The third kappa shape index (κ3) is 6.35. The number of halogens is 2. The van der Waals surface area contributed by atoms with Gasteiger partial charge in [-0.3, -0.25) is 9.39 Å². The third-order valence-electron chi connectivity index (χ3n) is 3.72. The Morgan fingerprint density at radius 1 is 1.15 bits per heavy atom. The Labute approximate surface area is 179 Å². The Bertz CT molecular complexity index is 868. The van der Waals surface area contributed by atoms with Crippen molar-refractivity contribution in [1.82, 2.24) is 25.2 Å². The van der Waals surface area contributed by atoms with Crippen LogP contribution in [-0.4, -0.2) is 39.9 Å². The first-order valence-electron chi connectivity index (χ1n) is 8.38. The van der Waals surface area contributed by atoms with Crippen LogP contribution in [0.4, 0.5) is 4.39 Å².